The highest BCUT2D eigenvalue weighted by Crippen LogP contribution is 2.33. The summed E-state index contributed by atoms with van der Waals surface area (Å²) in [6.45, 7) is 0. The second-order valence-corrected chi connectivity index (χ2v) is 6.74. The van der Waals surface area contributed by atoms with Crippen LogP contribution >= 0.6 is 45.5 Å². The van der Waals surface area contributed by atoms with E-state index in [2.05, 4.69) is 27.6 Å². The lowest BCUT2D eigenvalue weighted by atomic mass is 10.2. The van der Waals surface area contributed by atoms with Gasteiger partial charge < -0.3 is 5.11 Å². The number of carbonyl (C=O) groups is 1. The molecule has 0 fully saturated rings. The zero-order chi connectivity index (χ0) is 14.3. The summed E-state index contributed by atoms with van der Waals surface area (Å²) in [6.07, 6.45) is 0. The molecule has 1 aromatic heterocycles. The summed E-state index contributed by atoms with van der Waals surface area (Å²) in [5.74, 6) is -0.931. The molecule has 1 heterocycles. The summed E-state index contributed by atoms with van der Waals surface area (Å²) in [7, 11) is 0. The number of halogens is 2. The number of benzene rings is 2. The number of fused-ring (bicyclic) bond motifs is 1. The van der Waals surface area contributed by atoms with Crippen LogP contribution in [-0.2, 0) is 0 Å². The minimum absolute atomic E-state index is 0.272. The number of aromatic nitrogens is 1. The van der Waals surface area contributed by atoms with E-state index >= 15 is 0 Å². The van der Waals surface area contributed by atoms with Gasteiger partial charge in [-0.2, -0.15) is 0 Å². The molecule has 0 aliphatic heterocycles. The minimum atomic E-state index is -0.931. The van der Waals surface area contributed by atoms with Gasteiger partial charge in [0.1, 0.15) is 5.01 Å². The van der Waals surface area contributed by atoms with Crippen LogP contribution in [0.3, 0.4) is 0 Å². The maximum Gasteiger partial charge on any atom is 0.335 e. The number of hydrogen-bond acceptors (Lipinski definition) is 3. The van der Waals surface area contributed by atoms with Gasteiger partial charge in [-0.15, -0.1) is 11.3 Å². The standard InChI is InChI=1S/C14H7ClINO2S/c15-9-5-7(1-3-10(9)16)13-17-11-4-2-8(14(18)19)6-12(11)20-13/h1-6H,(H,18,19). The van der Waals surface area contributed by atoms with Crippen LogP contribution < -0.4 is 0 Å². The third-order valence-electron chi connectivity index (χ3n) is 2.80. The zero-order valence-electron chi connectivity index (χ0n) is 9.93. The first-order valence-electron chi connectivity index (χ1n) is 5.64. The van der Waals surface area contributed by atoms with Crippen LogP contribution in [0.1, 0.15) is 10.4 Å². The van der Waals surface area contributed by atoms with E-state index in [1.165, 1.54) is 11.3 Å². The highest BCUT2D eigenvalue weighted by molar-refractivity contribution is 14.1. The normalized spacial score (nSPS) is 10.9. The maximum absolute atomic E-state index is 11.0. The molecule has 0 aliphatic rings. The Balaban J connectivity index is 2.12. The Kier molecular flexibility index (Phi) is 3.66. The van der Waals surface area contributed by atoms with Gasteiger partial charge in [0.2, 0.25) is 0 Å². The van der Waals surface area contributed by atoms with E-state index in [0.717, 1.165) is 24.4 Å². The van der Waals surface area contributed by atoms with Crippen LogP contribution in [0.25, 0.3) is 20.8 Å². The lowest BCUT2D eigenvalue weighted by Crippen LogP contribution is -1.94. The molecule has 0 amide bonds. The van der Waals surface area contributed by atoms with Crippen molar-refractivity contribution in [1.29, 1.82) is 0 Å². The lowest BCUT2D eigenvalue weighted by molar-refractivity contribution is 0.0697. The zero-order valence-corrected chi connectivity index (χ0v) is 13.7. The molecular formula is C14H7ClINO2S. The van der Waals surface area contributed by atoms with Crippen LogP contribution in [-0.4, -0.2) is 16.1 Å². The third-order valence-corrected chi connectivity index (χ3v) is 5.44. The molecule has 0 unspecified atom stereocenters. The summed E-state index contributed by atoms with van der Waals surface area (Å²) >= 11 is 9.75. The van der Waals surface area contributed by atoms with Gasteiger partial charge in [-0.25, -0.2) is 9.78 Å². The minimum Gasteiger partial charge on any atom is -0.478 e. The predicted octanol–water partition coefficient (Wildman–Crippen LogP) is 4.92. The molecule has 0 bridgehead atoms. The fourth-order valence-electron chi connectivity index (χ4n) is 1.81. The third kappa shape index (κ3) is 2.53. The molecule has 0 saturated carbocycles. The lowest BCUT2D eigenvalue weighted by Gasteiger charge is -1.98. The molecule has 6 heteroatoms. The van der Waals surface area contributed by atoms with Crippen LogP contribution in [0.2, 0.25) is 5.02 Å². The second-order valence-electron chi connectivity index (χ2n) is 4.14. The Hall–Kier alpha value is -1.18. The van der Waals surface area contributed by atoms with Crippen LogP contribution in [0.4, 0.5) is 0 Å². The van der Waals surface area contributed by atoms with E-state index in [1.54, 1.807) is 18.2 Å². The Morgan fingerprint density at radius 3 is 2.75 bits per heavy atom. The van der Waals surface area contributed by atoms with Gasteiger partial charge >= 0.3 is 5.97 Å². The molecule has 100 valence electrons. The highest BCUT2D eigenvalue weighted by Gasteiger charge is 2.10. The van der Waals surface area contributed by atoms with E-state index in [1.807, 2.05) is 18.2 Å². The summed E-state index contributed by atoms with van der Waals surface area (Å²) < 4.78 is 1.84. The first-order valence-corrected chi connectivity index (χ1v) is 7.91. The van der Waals surface area contributed by atoms with E-state index in [-0.39, 0.29) is 5.56 Å². The smallest absolute Gasteiger partial charge is 0.335 e. The first kappa shape index (κ1) is 13.8. The predicted molar refractivity (Wildman–Crippen MR) is 89.7 cm³/mol. The Morgan fingerprint density at radius 2 is 2.05 bits per heavy atom. The van der Waals surface area contributed by atoms with Crippen LogP contribution in [0.5, 0.6) is 0 Å². The van der Waals surface area contributed by atoms with Crippen molar-refractivity contribution in [2.45, 2.75) is 0 Å². The average molecular weight is 416 g/mol. The molecule has 0 saturated heterocycles. The Bertz CT molecular complexity index is 831. The molecule has 0 atom stereocenters. The maximum atomic E-state index is 11.0. The Morgan fingerprint density at radius 1 is 1.25 bits per heavy atom. The number of carboxylic acid groups (broad SMARTS) is 1. The fraction of sp³-hybridized carbons (Fsp3) is 0. The highest BCUT2D eigenvalue weighted by atomic mass is 127. The van der Waals surface area contributed by atoms with Crippen molar-refractivity contribution in [2.24, 2.45) is 0 Å². The molecule has 20 heavy (non-hydrogen) atoms. The quantitative estimate of drug-likeness (QED) is 0.605. The molecule has 0 radical (unpaired) electrons. The van der Waals surface area contributed by atoms with Gasteiger partial charge in [0, 0.05) is 9.13 Å². The van der Waals surface area contributed by atoms with Crippen molar-refractivity contribution in [3.8, 4) is 10.6 Å². The largest absolute Gasteiger partial charge is 0.478 e. The molecule has 0 aliphatic carbocycles. The Labute approximate surface area is 137 Å². The van der Waals surface area contributed by atoms with E-state index in [4.69, 9.17) is 16.7 Å². The van der Waals surface area contributed by atoms with Crippen molar-refractivity contribution < 1.29 is 9.90 Å². The van der Waals surface area contributed by atoms with Gasteiger partial charge in [-0.1, -0.05) is 17.7 Å². The number of hydrogen-bond donors (Lipinski definition) is 1. The van der Waals surface area contributed by atoms with Crippen molar-refractivity contribution in [3.05, 3.63) is 50.6 Å². The molecule has 1 N–H and O–H groups in total. The number of carboxylic acids is 1. The monoisotopic (exact) mass is 415 g/mol. The summed E-state index contributed by atoms with van der Waals surface area (Å²) in [5, 5.41) is 10.5. The molecular weight excluding hydrogens is 409 g/mol. The van der Waals surface area contributed by atoms with Gasteiger partial charge in [-0.05, 0) is 52.9 Å². The molecule has 2 aromatic carbocycles. The van der Waals surface area contributed by atoms with Crippen molar-refractivity contribution in [2.75, 3.05) is 0 Å². The first-order chi connectivity index (χ1) is 9.54. The molecule has 0 spiro atoms. The van der Waals surface area contributed by atoms with Crippen LogP contribution in [0, 0.1) is 3.57 Å². The summed E-state index contributed by atoms with van der Waals surface area (Å²) in [5.41, 5.74) is 2.01. The number of nitrogens with zero attached hydrogens (tertiary/aromatic N) is 1. The van der Waals surface area contributed by atoms with Gasteiger partial charge in [0.15, 0.2) is 0 Å². The molecule has 3 rings (SSSR count). The van der Waals surface area contributed by atoms with Gasteiger partial charge in [-0.3, -0.25) is 0 Å². The van der Waals surface area contributed by atoms with Crippen molar-refractivity contribution in [3.63, 3.8) is 0 Å². The van der Waals surface area contributed by atoms with Gasteiger partial charge in [0.05, 0.1) is 20.8 Å². The average Bonchev–Trinajstić information content (AvgIpc) is 2.84. The number of rotatable bonds is 2. The topological polar surface area (TPSA) is 50.2 Å². The molecule has 3 aromatic rings. The number of thiazole rings is 1. The van der Waals surface area contributed by atoms with Crippen LogP contribution in [0.15, 0.2) is 36.4 Å². The fourth-order valence-corrected chi connectivity index (χ4v) is 3.33. The SMILES string of the molecule is O=C(O)c1ccc2nc(-c3ccc(I)c(Cl)c3)sc2c1. The van der Waals surface area contributed by atoms with Crippen molar-refractivity contribution in [1.82, 2.24) is 4.98 Å². The summed E-state index contributed by atoms with van der Waals surface area (Å²) in [6, 6.07) is 10.7. The molecule has 3 nitrogen and oxygen atoms in total. The van der Waals surface area contributed by atoms with E-state index in [9.17, 15) is 4.79 Å². The van der Waals surface area contributed by atoms with E-state index in [0.29, 0.717) is 5.02 Å². The number of aromatic carboxylic acids is 1. The second kappa shape index (κ2) is 5.31. The van der Waals surface area contributed by atoms with E-state index < -0.39 is 5.97 Å². The summed E-state index contributed by atoms with van der Waals surface area (Å²) in [4.78, 5) is 15.5. The van der Waals surface area contributed by atoms with Gasteiger partial charge in [0.25, 0.3) is 0 Å². The van der Waals surface area contributed by atoms with Crippen molar-refractivity contribution >= 4 is 61.7 Å².